The number of hydrogen-bond donors (Lipinski definition) is 1. The monoisotopic (exact) mass is 299 g/mol. The Balaban J connectivity index is 1.60. The Hall–Kier alpha value is -1.91. The molecule has 0 bridgehead atoms. The van der Waals surface area contributed by atoms with Crippen LogP contribution in [0.2, 0.25) is 0 Å². The molecule has 0 saturated heterocycles. The Labute approximate surface area is 128 Å². The second-order valence-electron chi connectivity index (χ2n) is 5.99. The summed E-state index contributed by atoms with van der Waals surface area (Å²) in [5.74, 6) is 0.244. The molecule has 2 aromatic rings. The van der Waals surface area contributed by atoms with Crippen LogP contribution in [0, 0.1) is 5.82 Å². The van der Waals surface area contributed by atoms with E-state index in [1.807, 2.05) is 6.07 Å². The number of hydrogen-bond acceptors (Lipinski definition) is 3. The molecule has 0 spiro atoms. The summed E-state index contributed by atoms with van der Waals surface area (Å²) in [5, 5.41) is 10.7. The minimum Gasteiger partial charge on any atom is -0.491 e. The molecule has 2 aromatic carbocycles. The van der Waals surface area contributed by atoms with E-state index < -0.39 is 6.10 Å². The van der Waals surface area contributed by atoms with Gasteiger partial charge in [0.05, 0.1) is 6.04 Å². The van der Waals surface area contributed by atoms with Crippen LogP contribution in [0.25, 0.3) is 0 Å². The van der Waals surface area contributed by atoms with E-state index >= 15 is 0 Å². The predicted molar refractivity (Wildman–Crippen MR) is 81.2 cm³/mol. The van der Waals surface area contributed by atoms with Gasteiger partial charge in [0, 0.05) is 18.7 Å². The average Bonchev–Trinajstić information content (AvgIpc) is 2.55. The van der Waals surface area contributed by atoms with Crippen LogP contribution < -0.4 is 4.74 Å². The van der Waals surface area contributed by atoms with Crippen molar-refractivity contribution in [3.63, 3.8) is 0 Å². The molecule has 2 atom stereocenters. The zero-order valence-electron chi connectivity index (χ0n) is 12.2. The molecule has 0 radical (unpaired) electrons. The van der Waals surface area contributed by atoms with Crippen LogP contribution in [0.1, 0.15) is 22.8 Å². The Kier molecular flexibility index (Phi) is 3.36. The smallest absolute Gasteiger partial charge is 0.125 e. The molecule has 2 heterocycles. The van der Waals surface area contributed by atoms with Crippen molar-refractivity contribution >= 4 is 0 Å². The summed E-state index contributed by atoms with van der Waals surface area (Å²) in [7, 11) is 0. The first-order valence-corrected chi connectivity index (χ1v) is 7.63. The Morgan fingerprint density at radius 1 is 1.14 bits per heavy atom. The third-order valence-corrected chi connectivity index (χ3v) is 4.69. The Morgan fingerprint density at radius 2 is 1.95 bits per heavy atom. The van der Waals surface area contributed by atoms with E-state index in [-0.39, 0.29) is 11.9 Å². The highest BCUT2D eigenvalue weighted by atomic mass is 19.1. The summed E-state index contributed by atoms with van der Waals surface area (Å²) >= 11 is 0. The lowest BCUT2D eigenvalue weighted by molar-refractivity contribution is -0.00308. The van der Waals surface area contributed by atoms with Crippen molar-refractivity contribution in [2.24, 2.45) is 0 Å². The molecule has 0 fully saturated rings. The van der Waals surface area contributed by atoms with Crippen molar-refractivity contribution in [3.8, 4) is 5.75 Å². The number of rotatable bonds is 1. The van der Waals surface area contributed by atoms with Gasteiger partial charge in [-0.05, 0) is 35.7 Å². The van der Waals surface area contributed by atoms with Crippen LogP contribution in [0.15, 0.2) is 42.5 Å². The van der Waals surface area contributed by atoms with E-state index in [0.29, 0.717) is 17.9 Å². The molecule has 4 heteroatoms. The summed E-state index contributed by atoms with van der Waals surface area (Å²) < 4.78 is 19.2. The fourth-order valence-electron chi connectivity index (χ4n) is 3.46. The van der Waals surface area contributed by atoms with E-state index in [1.54, 1.807) is 6.07 Å². The van der Waals surface area contributed by atoms with Gasteiger partial charge >= 0.3 is 0 Å². The lowest BCUT2D eigenvalue weighted by Crippen LogP contribution is -2.47. The van der Waals surface area contributed by atoms with Crippen LogP contribution in [0.3, 0.4) is 0 Å². The molecule has 114 valence electrons. The van der Waals surface area contributed by atoms with Crippen molar-refractivity contribution in [1.29, 1.82) is 0 Å². The lowest BCUT2D eigenvalue weighted by atomic mass is 9.93. The van der Waals surface area contributed by atoms with Crippen molar-refractivity contribution in [1.82, 2.24) is 4.90 Å². The van der Waals surface area contributed by atoms with Gasteiger partial charge in [0.25, 0.3) is 0 Å². The summed E-state index contributed by atoms with van der Waals surface area (Å²) in [4.78, 5) is 2.24. The normalized spacial score (nSPS) is 24.3. The largest absolute Gasteiger partial charge is 0.491 e. The Bertz CT molecular complexity index is 703. The van der Waals surface area contributed by atoms with Crippen molar-refractivity contribution in [2.45, 2.75) is 25.1 Å². The number of halogens is 1. The summed E-state index contributed by atoms with van der Waals surface area (Å²) in [6.07, 6.45) is 0.250. The molecule has 2 aliphatic heterocycles. The van der Waals surface area contributed by atoms with Gasteiger partial charge in [-0.25, -0.2) is 4.39 Å². The molecular weight excluding hydrogens is 281 g/mol. The van der Waals surface area contributed by atoms with E-state index in [2.05, 4.69) is 23.1 Å². The summed E-state index contributed by atoms with van der Waals surface area (Å²) in [6.45, 7) is 2.11. The van der Waals surface area contributed by atoms with E-state index in [0.717, 1.165) is 19.5 Å². The third-order valence-electron chi connectivity index (χ3n) is 4.69. The molecule has 3 nitrogen and oxygen atoms in total. The van der Waals surface area contributed by atoms with Gasteiger partial charge < -0.3 is 9.84 Å². The van der Waals surface area contributed by atoms with Gasteiger partial charge in [0.15, 0.2) is 0 Å². The van der Waals surface area contributed by atoms with Crippen LogP contribution in [-0.4, -0.2) is 29.2 Å². The highest BCUT2D eigenvalue weighted by Crippen LogP contribution is 2.36. The maximum Gasteiger partial charge on any atom is 0.125 e. The number of aliphatic hydroxyl groups excluding tert-OH is 1. The van der Waals surface area contributed by atoms with E-state index in [4.69, 9.17) is 4.74 Å². The zero-order chi connectivity index (χ0) is 15.1. The fraction of sp³-hybridized carbons (Fsp3) is 0.333. The second kappa shape index (κ2) is 5.38. The SMILES string of the molecule is OC1c2cc(F)ccc2OCC1N1CCc2ccccc2C1. The second-order valence-corrected chi connectivity index (χ2v) is 5.99. The van der Waals surface area contributed by atoms with Crippen molar-refractivity contribution in [3.05, 3.63) is 65.0 Å². The fourth-order valence-corrected chi connectivity index (χ4v) is 3.46. The number of benzene rings is 2. The highest BCUT2D eigenvalue weighted by molar-refractivity contribution is 5.38. The van der Waals surface area contributed by atoms with Gasteiger partial charge in [-0.1, -0.05) is 24.3 Å². The van der Waals surface area contributed by atoms with Gasteiger partial charge in [-0.2, -0.15) is 0 Å². The molecule has 0 saturated carbocycles. The topological polar surface area (TPSA) is 32.7 Å². The molecular formula is C18H18FNO2. The molecule has 2 aliphatic rings. The number of aliphatic hydroxyl groups is 1. The van der Waals surface area contributed by atoms with Crippen molar-refractivity contribution < 1.29 is 14.2 Å². The van der Waals surface area contributed by atoms with E-state index in [9.17, 15) is 9.50 Å². The van der Waals surface area contributed by atoms with Crippen LogP contribution in [-0.2, 0) is 13.0 Å². The predicted octanol–water partition coefficient (Wildman–Crippen LogP) is 2.68. The summed E-state index contributed by atoms with van der Waals surface area (Å²) in [5.41, 5.74) is 3.22. The van der Waals surface area contributed by atoms with Crippen LogP contribution >= 0.6 is 0 Å². The van der Waals surface area contributed by atoms with Gasteiger partial charge in [-0.15, -0.1) is 0 Å². The van der Waals surface area contributed by atoms with E-state index in [1.165, 1.54) is 23.3 Å². The first-order chi connectivity index (χ1) is 10.7. The molecule has 1 N–H and O–H groups in total. The highest BCUT2D eigenvalue weighted by Gasteiger charge is 2.35. The molecule has 4 rings (SSSR count). The van der Waals surface area contributed by atoms with Crippen LogP contribution in [0.4, 0.5) is 4.39 Å². The minimum atomic E-state index is -0.718. The average molecular weight is 299 g/mol. The standard InChI is InChI=1S/C18H18FNO2/c19-14-5-6-17-15(9-14)18(21)16(11-22-17)20-8-7-12-3-1-2-4-13(12)10-20/h1-6,9,16,18,21H,7-8,10-11H2. The maximum atomic E-state index is 13.5. The summed E-state index contributed by atoms with van der Waals surface area (Å²) in [6, 6.07) is 12.6. The minimum absolute atomic E-state index is 0.136. The van der Waals surface area contributed by atoms with Crippen LogP contribution in [0.5, 0.6) is 5.75 Å². The first-order valence-electron chi connectivity index (χ1n) is 7.63. The number of nitrogens with zero attached hydrogens (tertiary/aromatic N) is 1. The molecule has 0 aliphatic carbocycles. The zero-order valence-corrected chi connectivity index (χ0v) is 12.2. The number of fused-ring (bicyclic) bond motifs is 2. The first kappa shape index (κ1) is 13.7. The number of ether oxygens (including phenoxy) is 1. The van der Waals surface area contributed by atoms with Gasteiger partial charge in [0.2, 0.25) is 0 Å². The molecule has 0 amide bonds. The van der Waals surface area contributed by atoms with Gasteiger partial charge in [-0.3, -0.25) is 4.90 Å². The molecule has 22 heavy (non-hydrogen) atoms. The molecule has 0 aromatic heterocycles. The quantitative estimate of drug-likeness (QED) is 0.879. The Morgan fingerprint density at radius 3 is 2.82 bits per heavy atom. The lowest BCUT2D eigenvalue weighted by Gasteiger charge is -2.40. The third kappa shape index (κ3) is 2.28. The maximum absolute atomic E-state index is 13.5. The van der Waals surface area contributed by atoms with Crippen molar-refractivity contribution in [2.75, 3.05) is 13.2 Å². The van der Waals surface area contributed by atoms with Gasteiger partial charge in [0.1, 0.15) is 24.3 Å². The molecule has 2 unspecified atom stereocenters.